The van der Waals surface area contributed by atoms with Gasteiger partial charge in [0.15, 0.2) is 0 Å². The second kappa shape index (κ2) is 6.11. The van der Waals surface area contributed by atoms with Crippen LogP contribution in [0.5, 0.6) is 5.75 Å². The predicted octanol–water partition coefficient (Wildman–Crippen LogP) is 3.99. The van der Waals surface area contributed by atoms with E-state index in [0.29, 0.717) is 0 Å². The normalized spacial score (nSPS) is 29.5. The second-order valence-electron chi connectivity index (χ2n) is 6.98. The Kier molecular flexibility index (Phi) is 4.28. The number of rotatable bonds is 3. The van der Waals surface area contributed by atoms with E-state index in [-0.39, 0.29) is 0 Å². The first-order chi connectivity index (χ1) is 11.4. The molecular formula is C19H24O5. The van der Waals surface area contributed by atoms with Gasteiger partial charge in [-0.3, -0.25) is 4.79 Å². The lowest BCUT2D eigenvalue weighted by atomic mass is 9.52. The molecule has 130 valence electrons. The van der Waals surface area contributed by atoms with Gasteiger partial charge < -0.3 is 14.2 Å². The van der Waals surface area contributed by atoms with E-state index in [4.69, 9.17) is 14.2 Å². The molecule has 1 saturated heterocycles. The van der Waals surface area contributed by atoms with Gasteiger partial charge in [-0.05, 0) is 44.4 Å². The lowest BCUT2D eigenvalue weighted by molar-refractivity contribution is -0.182. The van der Waals surface area contributed by atoms with Gasteiger partial charge in [0.1, 0.15) is 17.3 Å². The van der Waals surface area contributed by atoms with Crippen LogP contribution in [0.3, 0.4) is 0 Å². The summed E-state index contributed by atoms with van der Waals surface area (Å²) in [6, 6.07) is 7.87. The molecule has 2 atom stereocenters. The SMILES string of the molecule is COc1cccc(C2(C3(C)C(=O)OC(=O)OC3C)CCCCC2)c1. The van der Waals surface area contributed by atoms with Gasteiger partial charge in [0.05, 0.1) is 7.11 Å². The molecule has 3 rings (SSSR count). The summed E-state index contributed by atoms with van der Waals surface area (Å²) < 4.78 is 15.6. The third-order valence-electron chi connectivity index (χ3n) is 6.01. The summed E-state index contributed by atoms with van der Waals surface area (Å²) >= 11 is 0. The zero-order valence-electron chi connectivity index (χ0n) is 14.5. The van der Waals surface area contributed by atoms with Crippen LogP contribution in [0.4, 0.5) is 4.79 Å². The van der Waals surface area contributed by atoms with Gasteiger partial charge in [-0.15, -0.1) is 0 Å². The Hall–Kier alpha value is -2.04. The molecule has 1 heterocycles. The first kappa shape index (κ1) is 16.8. The number of esters is 1. The molecule has 1 aromatic rings. The minimum absolute atomic E-state index is 0.434. The van der Waals surface area contributed by atoms with Gasteiger partial charge in [-0.25, -0.2) is 4.79 Å². The highest BCUT2D eigenvalue weighted by Crippen LogP contribution is 2.56. The fraction of sp³-hybridized carbons (Fsp3) is 0.579. The molecule has 0 amide bonds. The van der Waals surface area contributed by atoms with Crippen LogP contribution >= 0.6 is 0 Å². The summed E-state index contributed by atoms with van der Waals surface area (Å²) in [6.45, 7) is 3.66. The third-order valence-corrected chi connectivity index (χ3v) is 6.01. The molecule has 5 nitrogen and oxygen atoms in total. The maximum absolute atomic E-state index is 12.8. The monoisotopic (exact) mass is 332 g/mol. The van der Waals surface area contributed by atoms with Crippen LogP contribution in [0.15, 0.2) is 24.3 Å². The summed E-state index contributed by atoms with van der Waals surface area (Å²) in [4.78, 5) is 24.3. The van der Waals surface area contributed by atoms with Crippen LogP contribution in [-0.2, 0) is 19.7 Å². The van der Waals surface area contributed by atoms with E-state index in [1.54, 1.807) is 14.0 Å². The van der Waals surface area contributed by atoms with Crippen LogP contribution in [0.25, 0.3) is 0 Å². The Morgan fingerprint density at radius 2 is 1.88 bits per heavy atom. The number of benzene rings is 1. The number of cyclic esters (lactones) is 3. The van der Waals surface area contributed by atoms with E-state index in [2.05, 4.69) is 0 Å². The first-order valence-corrected chi connectivity index (χ1v) is 8.51. The van der Waals surface area contributed by atoms with Crippen LogP contribution in [-0.4, -0.2) is 25.3 Å². The molecule has 1 aliphatic carbocycles. The molecule has 0 bridgehead atoms. The van der Waals surface area contributed by atoms with Crippen molar-refractivity contribution in [1.82, 2.24) is 0 Å². The second-order valence-corrected chi connectivity index (χ2v) is 6.98. The quantitative estimate of drug-likeness (QED) is 0.619. The van der Waals surface area contributed by atoms with Crippen molar-refractivity contribution in [2.75, 3.05) is 7.11 Å². The largest absolute Gasteiger partial charge is 0.516 e. The number of hydrogen-bond acceptors (Lipinski definition) is 5. The van der Waals surface area contributed by atoms with Gasteiger partial charge in [-0.2, -0.15) is 0 Å². The average molecular weight is 332 g/mol. The maximum Gasteiger partial charge on any atom is 0.516 e. The standard InChI is InChI=1S/C19H24O5/c1-13-18(2,16(20)24-17(21)23-13)19(10-5-4-6-11-19)14-8-7-9-15(12-14)22-3/h7-9,12-13H,4-6,10-11H2,1-3H3. The highest BCUT2D eigenvalue weighted by atomic mass is 16.8. The average Bonchev–Trinajstić information content (AvgIpc) is 2.60. The number of carbonyl (C=O) groups excluding carboxylic acids is 2. The van der Waals surface area contributed by atoms with Crippen molar-refractivity contribution in [2.45, 2.75) is 57.5 Å². The minimum Gasteiger partial charge on any atom is -0.497 e. The molecule has 2 unspecified atom stereocenters. The van der Waals surface area contributed by atoms with Crippen LogP contribution in [0.1, 0.15) is 51.5 Å². The van der Waals surface area contributed by atoms with E-state index in [1.807, 2.05) is 31.2 Å². The molecule has 2 fully saturated rings. The molecule has 5 heteroatoms. The smallest absolute Gasteiger partial charge is 0.497 e. The Labute approximate surface area is 142 Å². The molecule has 0 spiro atoms. The third kappa shape index (κ3) is 2.38. The van der Waals surface area contributed by atoms with E-state index in [0.717, 1.165) is 43.4 Å². The van der Waals surface area contributed by atoms with Gasteiger partial charge in [0, 0.05) is 5.41 Å². The fourth-order valence-corrected chi connectivity index (χ4v) is 4.40. The molecule has 2 aliphatic rings. The van der Waals surface area contributed by atoms with Crippen molar-refractivity contribution < 1.29 is 23.8 Å². The van der Waals surface area contributed by atoms with E-state index < -0.39 is 29.1 Å². The van der Waals surface area contributed by atoms with Crippen molar-refractivity contribution in [3.63, 3.8) is 0 Å². The first-order valence-electron chi connectivity index (χ1n) is 8.51. The molecule has 1 aromatic carbocycles. The highest BCUT2D eigenvalue weighted by molar-refractivity contribution is 5.90. The molecule has 1 saturated carbocycles. The summed E-state index contributed by atoms with van der Waals surface area (Å²) in [7, 11) is 1.63. The summed E-state index contributed by atoms with van der Waals surface area (Å²) in [5, 5.41) is 0. The van der Waals surface area contributed by atoms with Gasteiger partial charge in [0.25, 0.3) is 0 Å². The predicted molar refractivity (Wildman–Crippen MR) is 87.9 cm³/mol. The Morgan fingerprint density at radius 3 is 2.50 bits per heavy atom. The van der Waals surface area contributed by atoms with Crippen molar-refractivity contribution in [3.05, 3.63) is 29.8 Å². The molecule has 1 aliphatic heterocycles. The topological polar surface area (TPSA) is 61.8 Å². The van der Waals surface area contributed by atoms with Crippen molar-refractivity contribution in [1.29, 1.82) is 0 Å². The van der Waals surface area contributed by atoms with Gasteiger partial charge in [0.2, 0.25) is 0 Å². The lowest BCUT2D eigenvalue weighted by Crippen LogP contribution is -2.60. The van der Waals surface area contributed by atoms with E-state index >= 15 is 0 Å². The summed E-state index contributed by atoms with van der Waals surface area (Å²) in [5.74, 6) is 0.269. The Bertz CT molecular complexity index is 647. The number of hydrogen-bond donors (Lipinski definition) is 0. The van der Waals surface area contributed by atoms with Crippen molar-refractivity contribution in [2.24, 2.45) is 5.41 Å². The van der Waals surface area contributed by atoms with E-state index in [1.165, 1.54) is 0 Å². The molecule has 0 radical (unpaired) electrons. The van der Waals surface area contributed by atoms with Crippen LogP contribution in [0, 0.1) is 5.41 Å². The summed E-state index contributed by atoms with van der Waals surface area (Å²) in [5.41, 5.74) is -0.309. The van der Waals surface area contributed by atoms with Gasteiger partial charge in [-0.1, -0.05) is 31.4 Å². The summed E-state index contributed by atoms with van der Waals surface area (Å²) in [6.07, 6.45) is 3.46. The van der Waals surface area contributed by atoms with E-state index in [9.17, 15) is 9.59 Å². The molecule has 0 aromatic heterocycles. The lowest BCUT2D eigenvalue weighted by Gasteiger charge is -2.52. The molecule has 0 N–H and O–H groups in total. The number of methoxy groups -OCH3 is 1. The van der Waals surface area contributed by atoms with Crippen LogP contribution < -0.4 is 4.74 Å². The number of carbonyl (C=O) groups is 2. The maximum atomic E-state index is 12.8. The van der Waals surface area contributed by atoms with Crippen molar-refractivity contribution >= 4 is 12.1 Å². The zero-order valence-corrected chi connectivity index (χ0v) is 14.5. The van der Waals surface area contributed by atoms with Gasteiger partial charge >= 0.3 is 12.1 Å². The molecule has 24 heavy (non-hydrogen) atoms. The minimum atomic E-state index is -0.923. The Balaban J connectivity index is 2.14. The Morgan fingerprint density at radius 1 is 1.17 bits per heavy atom. The highest BCUT2D eigenvalue weighted by Gasteiger charge is 2.62. The van der Waals surface area contributed by atoms with Crippen molar-refractivity contribution in [3.8, 4) is 5.75 Å². The fourth-order valence-electron chi connectivity index (χ4n) is 4.40. The van der Waals surface area contributed by atoms with Crippen LogP contribution in [0.2, 0.25) is 0 Å². The zero-order chi connectivity index (χ0) is 17.4. The molecular weight excluding hydrogens is 308 g/mol. The number of ether oxygens (including phenoxy) is 3.